The number of carbonyl (C=O) groups excluding carboxylic acids is 1. The van der Waals surface area contributed by atoms with Gasteiger partial charge in [0.05, 0.1) is 18.8 Å². The Balaban J connectivity index is 1.58. The average Bonchev–Trinajstić information content (AvgIpc) is 3.34. The van der Waals surface area contributed by atoms with Crippen molar-refractivity contribution in [2.75, 3.05) is 18.0 Å². The molecule has 3 aromatic rings. The first-order chi connectivity index (χ1) is 15.4. The zero-order valence-electron chi connectivity index (χ0n) is 17.5. The van der Waals surface area contributed by atoms with Crippen LogP contribution in [0.2, 0.25) is 0 Å². The lowest BCUT2D eigenvalue weighted by Gasteiger charge is -2.28. The molecule has 32 heavy (non-hydrogen) atoms. The molecule has 1 heterocycles. The van der Waals surface area contributed by atoms with Crippen LogP contribution in [0, 0.1) is 5.82 Å². The van der Waals surface area contributed by atoms with Crippen molar-refractivity contribution in [1.82, 2.24) is 5.32 Å². The van der Waals surface area contributed by atoms with E-state index < -0.39 is 28.3 Å². The topological polar surface area (TPSA) is 75.7 Å². The molecule has 0 fully saturated rings. The van der Waals surface area contributed by atoms with Crippen LogP contribution in [0.15, 0.2) is 64.2 Å². The van der Waals surface area contributed by atoms with Crippen molar-refractivity contribution < 1.29 is 22.3 Å². The number of sulfonamides is 1. The molecule has 1 atom stereocenters. The molecule has 1 aliphatic rings. The second kappa shape index (κ2) is 9.30. The first-order valence-electron chi connectivity index (χ1n) is 10.2. The smallest absolute Gasteiger partial charge is 0.274 e. The zero-order chi connectivity index (χ0) is 22.7. The van der Waals surface area contributed by atoms with Crippen LogP contribution in [0.25, 0.3) is 0 Å². The van der Waals surface area contributed by atoms with Crippen molar-refractivity contribution >= 4 is 33.0 Å². The van der Waals surface area contributed by atoms with Gasteiger partial charge in [0.15, 0.2) is 0 Å². The highest BCUT2D eigenvalue weighted by Crippen LogP contribution is 2.32. The van der Waals surface area contributed by atoms with E-state index in [-0.39, 0.29) is 15.9 Å². The third kappa shape index (κ3) is 4.63. The van der Waals surface area contributed by atoms with Crippen molar-refractivity contribution in [2.24, 2.45) is 0 Å². The number of fused-ring (bicyclic) bond motifs is 1. The minimum Gasteiger partial charge on any atom is -0.497 e. The molecule has 0 saturated carbocycles. The minimum atomic E-state index is -3.98. The van der Waals surface area contributed by atoms with Crippen LogP contribution >= 0.6 is 11.3 Å². The largest absolute Gasteiger partial charge is 0.497 e. The molecular weight excluding hydrogens is 451 g/mol. The highest BCUT2D eigenvalue weighted by Gasteiger charge is 2.30. The van der Waals surface area contributed by atoms with Gasteiger partial charge in [0, 0.05) is 0 Å². The molecule has 2 aromatic carbocycles. The van der Waals surface area contributed by atoms with Crippen LogP contribution in [0.3, 0.4) is 0 Å². The molecule has 0 radical (unpaired) electrons. The summed E-state index contributed by atoms with van der Waals surface area (Å²) in [4.78, 5) is 13.0. The Morgan fingerprint density at radius 3 is 2.69 bits per heavy atom. The minimum absolute atomic E-state index is 0.115. The summed E-state index contributed by atoms with van der Waals surface area (Å²) in [6, 6.07) is 13.7. The maximum absolute atomic E-state index is 13.4. The molecule has 1 N–H and O–H groups in total. The van der Waals surface area contributed by atoms with Gasteiger partial charge in [0.25, 0.3) is 10.0 Å². The number of halogens is 1. The number of hydrogen-bond donors (Lipinski definition) is 1. The molecule has 0 saturated heterocycles. The standard InChI is InChI=1S/C23H23FN2O4S2/c1-30-19-11-12-20-16(14-19)4-2-5-21(20)25-22(27)15-26(18-9-7-17(24)8-10-18)32(28,29)23-6-3-13-31-23/h3,6-14,21H,2,4-5,15H2,1H3,(H,25,27). The van der Waals surface area contributed by atoms with Crippen LogP contribution in [-0.2, 0) is 21.2 Å². The Labute approximate surface area is 190 Å². The van der Waals surface area contributed by atoms with Crippen LogP contribution in [0.4, 0.5) is 10.1 Å². The third-order valence-corrected chi connectivity index (χ3v) is 8.59. The number of rotatable bonds is 7. The van der Waals surface area contributed by atoms with Crippen LogP contribution in [0.1, 0.15) is 30.0 Å². The van der Waals surface area contributed by atoms with Gasteiger partial charge in [-0.2, -0.15) is 0 Å². The summed E-state index contributed by atoms with van der Waals surface area (Å²) >= 11 is 1.07. The third-order valence-electron chi connectivity index (χ3n) is 5.44. The lowest BCUT2D eigenvalue weighted by molar-refractivity contribution is -0.120. The molecule has 168 valence electrons. The Bertz CT molecular complexity index is 1200. The summed E-state index contributed by atoms with van der Waals surface area (Å²) in [5.41, 5.74) is 2.35. The number of ether oxygens (including phenoxy) is 1. The number of hydrogen-bond acceptors (Lipinski definition) is 5. The van der Waals surface area contributed by atoms with Crippen LogP contribution < -0.4 is 14.4 Å². The van der Waals surface area contributed by atoms with E-state index in [9.17, 15) is 17.6 Å². The van der Waals surface area contributed by atoms with Gasteiger partial charge in [-0.15, -0.1) is 11.3 Å². The van der Waals surface area contributed by atoms with Crippen molar-refractivity contribution in [3.8, 4) is 5.75 Å². The molecule has 4 rings (SSSR count). The van der Waals surface area contributed by atoms with Gasteiger partial charge in [0.2, 0.25) is 5.91 Å². The summed E-state index contributed by atoms with van der Waals surface area (Å²) in [7, 11) is -2.36. The van der Waals surface area contributed by atoms with E-state index in [4.69, 9.17) is 4.74 Å². The van der Waals surface area contributed by atoms with E-state index in [1.54, 1.807) is 18.6 Å². The monoisotopic (exact) mass is 474 g/mol. The molecule has 0 bridgehead atoms. The van der Waals surface area contributed by atoms with Gasteiger partial charge in [-0.1, -0.05) is 12.1 Å². The number of amides is 1. The molecule has 1 aromatic heterocycles. The van der Waals surface area contributed by atoms with Crippen molar-refractivity contribution in [3.05, 3.63) is 76.9 Å². The van der Waals surface area contributed by atoms with Crippen molar-refractivity contribution in [1.29, 1.82) is 0 Å². The van der Waals surface area contributed by atoms with Gasteiger partial charge in [-0.25, -0.2) is 12.8 Å². The number of aryl methyl sites for hydroxylation is 1. The van der Waals surface area contributed by atoms with E-state index >= 15 is 0 Å². The average molecular weight is 475 g/mol. The van der Waals surface area contributed by atoms with Crippen LogP contribution in [0.5, 0.6) is 5.75 Å². The first-order valence-corrected chi connectivity index (χ1v) is 12.5. The number of benzene rings is 2. The molecule has 0 spiro atoms. The molecule has 1 aliphatic carbocycles. The number of anilines is 1. The summed E-state index contributed by atoms with van der Waals surface area (Å²) < 4.78 is 46.3. The highest BCUT2D eigenvalue weighted by molar-refractivity contribution is 7.94. The lowest BCUT2D eigenvalue weighted by atomic mass is 9.87. The fourth-order valence-electron chi connectivity index (χ4n) is 3.88. The van der Waals surface area contributed by atoms with E-state index in [1.807, 2.05) is 18.2 Å². The predicted octanol–water partition coefficient (Wildman–Crippen LogP) is 4.28. The normalized spacial score (nSPS) is 15.6. The quantitative estimate of drug-likeness (QED) is 0.555. The fourth-order valence-corrected chi connectivity index (χ4v) is 6.40. The summed E-state index contributed by atoms with van der Waals surface area (Å²) in [5.74, 6) is -0.149. The van der Waals surface area contributed by atoms with E-state index in [1.165, 1.54) is 30.3 Å². The maximum atomic E-state index is 13.4. The van der Waals surface area contributed by atoms with Crippen molar-refractivity contribution in [2.45, 2.75) is 29.5 Å². The molecule has 1 amide bonds. The summed E-state index contributed by atoms with van der Waals surface area (Å²) in [6.07, 6.45) is 2.56. The van der Waals surface area contributed by atoms with Gasteiger partial charge in [-0.3, -0.25) is 9.10 Å². The van der Waals surface area contributed by atoms with Gasteiger partial charge >= 0.3 is 0 Å². The number of methoxy groups -OCH3 is 1. The van der Waals surface area contributed by atoms with E-state index in [0.29, 0.717) is 0 Å². The SMILES string of the molecule is COc1ccc2c(c1)CCCC2NC(=O)CN(c1ccc(F)cc1)S(=O)(=O)c1cccs1. The Morgan fingerprint density at radius 2 is 2.00 bits per heavy atom. The Morgan fingerprint density at radius 1 is 1.22 bits per heavy atom. The highest BCUT2D eigenvalue weighted by atomic mass is 32.2. The number of nitrogens with one attached hydrogen (secondary N) is 1. The number of nitrogens with zero attached hydrogens (tertiary/aromatic N) is 1. The van der Waals surface area contributed by atoms with Crippen LogP contribution in [-0.4, -0.2) is 28.0 Å². The molecular formula is C23H23FN2O4S2. The van der Waals surface area contributed by atoms with Gasteiger partial charge in [0.1, 0.15) is 22.3 Å². The molecule has 6 nitrogen and oxygen atoms in total. The summed E-state index contributed by atoms with van der Waals surface area (Å²) in [6.45, 7) is -0.409. The predicted molar refractivity (Wildman–Crippen MR) is 122 cm³/mol. The zero-order valence-corrected chi connectivity index (χ0v) is 19.1. The maximum Gasteiger partial charge on any atom is 0.274 e. The second-order valence-electron chi connectivity index (χ2n) is 7.50. The second-order valence-corrected chi connectivity index (χ2v) is 10.5. The van der Waals surface area contributed by atoms with Crippen molar-refractivity contribution in [3.63, 3.8) is 0 Å². The van der Waals surface area contributed by atoms with Gasteiger partial charge < -0.3 is 10.1 Å². The number of carbonyl (C=O) groups is 1. The lowest BCUT2D eigenvalue weighted by Crippen LogP contribution is -2.42. The van der Waals surface area contributed by atoms with E-state index in [2.05, 4.69) is 5.32 Å². The Hall–Kier alpha value is -2.91. The molecule has 9 heteroatoms. The fraction of sp³-hybridized carbons (Fsp3) is 0.261. The molecule has 1 unspecified atom stereocenters. The van der Waals surface area contributed by atoms with Gasteiger partial charge in [-0.05, 0) is 78.2 Å². The Kier molecular flexibility index (Phi) is 6.48. The molecule has 0 aliphatic heterocycles. The summed E-state index contributed by atoms with van der Waals surface area (Å²) in [5, 5.41) is 4.64. The van der Waals surface area contributed by atoms with E-state index in [0.717, 1.165) is 51.8 Å². The first kappa shape index (κ1) is 22.3. The number of thiophene rings is 1.